The molecule has 0 unspecified atom stereocenters. The second-order valence-corrected chi connectivity index (χ2v) is 5.65. The molecular formula is C17H29N3O2. The van der Waals surface area contributed by atoms with Gasteiger partial charge in [-0.05, 0) is 43.9 Å². The van der Waals surface area contributed by atoms with Crippen LogP contribution in [0.5, 0.6) is 11.5 Å². The largest absolute Gasteiger partial charge is 0.508 e. The third-order valence-corrected chi connectivity index (χ3v) is 3.29. The molecule has 124 valence electrons. The Labute approximate surface area is 133 Å². The van der Waals surface area contributed by atoms with Gasteiger partial charge in [0.1, 0.15) is 11.5 Å². The van der Waals surface area contributed by atoms with Crippen molar-refractivity contribution >= 4 is 5.96 Å². The van der Waals surface area contributed by atoms with E-state index in [4.69, 9.17) is 4.74 Å². The van der Waals surface area contributed by atoms with Crippen LogP contribution in [-0.2, 0) is 6.54 Å². The fraction of sp³-hybridized carbons (Fsp3) is 0.588. The van der Waals surface area contributed by atoms with Gasteiger partial charge in [-0.3, -0.25) is 0 Å². The van der Waals surface area contributed by atoms with E-state index < -0.39 is 0 Å². The van der Waals surface area contributed by atoms with Gasteiger partial charge in [-0.1, -0.05) is 13.8 Å². The topological polar surface area (TPSA) is 65.9 Å². The predicted molar refractivity (Wildman–Crippen MR) is 91.5 cm³/mol. The van der Waals surface area contributed by atoms with E-state index in [1.807, 2.05) is 6.92 Å². The first-order chi connectivity index (χ1) is 10.6. The minimum atomic E-state index is 0.236. The van der Waals surface area contributed by atoms with Crippen LogP contribution in [-0.4, -0.2) is 31.3 Å². The Kier molecular flexibility index (Phi) is 8.18. The van der Waals surface area contributed by atoms with E-state index in [0.29, 0.717) is 6.54 Å². The van der Waals surface area contributed by atoms with E-state index in [2.05, 4.69) is 29.5 Å². The normalized spacial score (nSPS) is 11.6. The average molecular weight is 307 g/mol. The van der Waals surface area contributed by atoms with Gasteiger partial charge in [0.25, 0.3) is 0 Å². The molecule has 0 aliphatic rings. The first-order valence-electron chi connectivity index (χ1n) is 7.94. The van der Waals surface area contributed by atoms with Crippen LogP contribution in [0.25, 0.3) is 0 Å². The molecule has 5 nitrogen and oxygen atoms in total. The van der Waals surface area contributed by atoms with Gasteiger partial charge in [-0.15, -0.1) is 0 Å². The second-order valence-electron chi connectivity index (χ2n) is 5.65. The molecule has 0 atom stereocenters. The SMILES string of the molecule is CCNC(=NCc1cc(OC)ccc1O)NCCCC(C)C. The molecule has 1 aromatic carbocycles. The number of phenols is 1. The number of phenolic OH excluding ortho intramolecular Hbond substituents is 1. The van der Waals surface area contributed by atoms with E-state index in [1.165, 1.54) is 6.42 Å². The number of hydrogen-bond donors (Lipinski definition) is 3. The Hall–Kier alpha value is -1.91. The van der Waals surface area contributed by atoms with Crippen molar-refractivity contribution in [3.63, 3.8) is 0 Å². The van der Waals surface area contributed by atoms with Gasteiger partial charge in [0.2, 0.25) is 0 Å². The summed E-state index contributed by atoms with van der Waals surface area (Å²) in [6, 6.07) is 5.17. The van der Waals surface area contributed by atoms with Crippen LogP contribution in [0.2, 0.25) is 0 Å². The molecule has 5 heteroatoms. The molecule has 0 fully saturated rings. The summed E-state index contributed by atoms with van der Waals surface area (Å²) in [6.07, 6.45) is 2.32. The summed E-state index contributed by atoms with van der Waals surface area (Å²) in [7, 11) is 1.61. The van der Waals surface area contributed by atoms with Crippen molar-refractivity contribution in [1.82, 2.24) is 10.6 Å². The fourth-order valence-corrected chi connectivity index (χ4v) is 2.04. The fourth-order valence-electron chi connectivity index (χ4n) is 2.04. The van der Waals surface area contributed by atoms with Crippen molar-refractivity contribution in [1.29, 1.82) is 0 Å². The number of nitrogens with zero attached hydrogens (tertiary/aromatic N) is 1. The zero-order valence-electron chi connectivity index (χ0n) is 14.1. The quantitative estimate of drug-likeness (QED) is 0.392. The molecule has 0 radical (unpaired) electrons. The van der Waals surface area contributed by atoms with Crippen molar-refractivity contribution in [2.75, 3.05) is 20.2 Å². The number of aliphatic imine (C=N–C) groups is 1. The molecular weight excluding hydrogens is 278 g/mol. The predicted octanol–water partition coefficient (Wildman–Crippen LogP) is 2.89. The Bertz CT molecular complexity index is 473. The van der Waals surface area contributed by atoms with Crippen LogP contribution < -0.4 is 15.4 Å². The van der Waals surface area contributed by atoms with E-state index >= 15 is 0 Å². The number of aromatic hydroxyl groups is 1. The van der Waals surface area contributed by atoms with Gasteiger partial charge < -0.3 is 20.5 Å². The lowest BCUT2D eigenvalue weighted by molar-refractivity contribution is 0.411. The molecule has 0 amide bonds. The van der Waals surface area contributed by atoms with Crippen LogP contribution in [0.15, 0.2) is 23.2 Å². The van der Waals surface area contributed by atoms with Crippen molar-refractivity contribution in [3.8, 4) is 11.5 Å². The number of hydrogen-bond acceptors (Lipinski definition) is 3. The molecule has 0 aromatic heterocycles. The van der Waals surface area contributed by atoms with Gasteiger partial charge in [-0.2, -0.15) is 0 Å². The Morgan fingerprint density at radius 2 is 2.09 bits per heavy atom. The number of methoxy groups -OCH3 is 1. The molecule has 0 saturated carbocycles. The van der Waals surface area contributed by atoms with Crippen LogP contribution in [0.4, 0.5) is 0 Å². The highest BCUT2D eigenvalue weighted by atomic mass is 16.5. The maximum absolute atomic E-state index is 9.88. The van der Waals surface area contributed by atoms with Gasteiger partial charge >= 0.3 is 0 Å². The molecule has 3 N–H and O–H groups in total. The van der Waals surface area contributed by atoms with Gasteiger partial charge in [0.15, 0.2) is 5.96 Å². The summed E-state index contributed by atoms with van der Waals surface area (Å²) in [4.78, 5) is 4.52. The second kappa shape index (κ2) is 9.92. The van der Waals surface area contributed by atoms with Crippen molar-refractivity contribution in [2.24, 2.45) is 10.9 Å². The minimum absolute atomic E-state index is 0.236. The molecule has 0 saturated heterocycles. The summed E-state index contributed by atoms with van der Waals surface area (Å²) in [6.45, 7) is 8.60. The maximum atomic E-state index is 9.88. The van der Waals surface area contributed by atoms with Gasteiger partial charge in [0, 0.05) is 18.7 Å². The monoisotopic (exact) mass is 307 g/mol. The first-order valence-corrected chi connectivity index (χ1v) is 7.94. The van der Waals surface area contributed by atoms with Crippen LogP contribution >= 0.6 is 0 Å². The summed E-state index contributed by atoms with van der Waals surface area (Å²) in [5.41, 5.74) is 0.749. The average Bonchev–Trinajstić information content (AvgIpc) is 2.50. The minimum Gasteiger partial charge on any atom is -0.508 e. The zero-order valence-corrected chi connectivity index (χ0v) is 14.1. The third kappa shape index (κ3) is 6.70. The summed E-state index contributed by atoms with van der Waals surface area (Å²) < 4.78 is 5.18. The van der Waals surface area contributed by atoms with Crippen molar-refractivity contribution in [2.45, 2.75) is 40.2 Å². The number of guanidine groups is 1. The van der Waals surface area contributed by atoms with Crippen molar-refractivity contribution < 1.29 is 9.84 Å². The summed E-state index contributed by atoms with van der Waals surface area (Å²) >= 11 is 0. The number of nitrogens with one attached hydrogen (secondary N) is 2. The highest BCUT2D eigenvalue weighted by Gasteiger charge is 2.04. The highest BCUT2D eigenvalue weighted by Crippen LogP contribution is 2.23. The molecule has 0 heterocycles. The Balaban J connectivity index is 2.61. The lowest BCUT2D eigenvalue weighted by Gasteiger charge is -2.12. The molecule has 0 aliphatic carbocycles. The van der Waals surface area contributed by atoms with Crippen LogP contribution in [0.1, 0.15) is 39.2 Å². The number of benzene rings is 1. The number of ether oxygens (including phenoxy) is 1. The van der Waals surface area contributed by atoms with E-state index in [1.54, 1.807) is 25.3 Å². The lowest BCUT2D eigenvalue weighted by atomic mass is 10.1. The maximum Gasteiger partial charge on any atom is 0.191 e. The zero-order chi connectivity index (χ0) is 16.4. The van der Waals surface area contributed by atoms with Crippen LogP contribution in [0, 0.1) is 5.92 Å². The third-order valence-electron chi connectivity index (χ3n) is 3.29. The molecule has 1 aromatic rings. The van der Waals surface area contributed by atoms with Crippen LogP contribution in [0.3, 0.4) is 0 Å². The first kappa shape index (κ1) is 18.1. The van der Waals surface area contributed by atoms with E-state index in [-0.39, 0.29) is 5.75 Å². The van der Waals surface area contributed by atoms with E-state index in [9.17, 15) is 5.11 Å². The number of rotatable bonds is 8. The van der Waals surface area contributed by atoms with Gasteiger partial charge in [0.05, 0.1) is 13.7 Å². The summed E-state index contributed by atoms with van der Waals surface area (Å²) in [5, 5.41) is 16.4. The molecule has 0 aliphatic heterocycles. The lowest BCUT2D eigenvalue weighted by Crippen LogP contribution is -2.37. The molecule has 1 rings (SSSR count). The Morgan fingerprint density at radius 3 is 2.73 bits per heavy atom. The summed E-state index contributed by atoms with van der Waals surface area (Å²) in [5.74, 6) is 2.45. The smallest absolute Gasteiger partial charge is 0.191 e. The van der Waals surface area contributed by atoms with E-state index in [0.717, 1.165) is 42.7 Å². The van der Waals surface area contributed by atoms with Crippen molar-refractivity contribution in [3.05, 3.63) is 23.8 Å². The van der Waals surface area contributed by atoms with Gasteiger partial charge in [-0.25, -0.2) is 4.99 Å². The molecule has 22 heavy (non-hydrogen) atoms. The highest BCUT2D eigenvalue weighted by molar-refractivity contribution is 5.79. The molecule has 0 bridgehead atoms. The Morgan fingerprint density at radius 1 is 1.32 bits per heavy atom. The standard InChI is InChI=1S/C17H29N3O2/c1-5-18-17(19-10-6-7-13(2)3)20-12-14-11-15(22-4)8-9-16(14)21/h8-9,11,13,21H,5-7,10,12H2,1-4H3,(H2,18,19,20). The molecule has 0 spiro atoms.